The number of hydrogen-bond acceptors (Lipinski definition) is 5. The number of amides is 1. The first-order valence-corrected chi connectivity index (χ1v) is 12.1. The quantitative estimate of drug-likeness (QED) is 0.136. The largest absolute Gasteiger partial charge is 2.00 e. The van der Waals surface area contributed by atoms with Crippen LogP contribution in [-0.4, -0.2) is 73.1 Å². The Balaban J connectivity index is 0. The van der Waals surface area contributed by atoms with Gasteiger partial charge in [-0.1, -0.05) is 63.6 Å². The standard InChI is InChI=1S/C13H14BrN3O2.C12H11BrN2O.CH4.CH3.BrH.Mg/c1-16-8-11(9-4-6-10(14)7-5-9)15-12(16)13(18)17(2)19-3;1-8(16)12-14-11(7-15(12)2)9-3-5-10(13)6-4-9;;;;/h4-8H,1-3H3;3-7H,1-2H3;1H4;1H3;1H;/q;;;-1;;+2/p-1. The second-order valence-corrected chi connectivity index (χ2v) is 9.51. The number of carbonyl (C=O) groups is 2. The van der Waals surface area contributed by atoms with Crippen molar-refractivity contribution in [1.82, 2.24) is 24.2 Å². The molecule has 2 aromatic carbocycles. The summed E-state index contributed by atoms with van der Waals surface area (Å²) in [6.45, 7) is 1.52. The number of carbonyl (C=O) groups excluding carboxylic acids is 2. The van der Waals surface area contributed by atoms with Gasteiger partial charge in [0.1, 0.15) is 0 Å². The van der Waals surface area contributed by atoms with Crippen molar-refractivity contribution < 1.29 is 31.4 Å². The topological polar surface area (TPSA) is 82.2 Å². The number of benzene rings is 2. The Morgan fingerprint density at radius 2 is 1.18 bits per heavy atom. The van der Waals surface area contributed by atoms with E-state index in [0.717, 1.165) is 36.5 Å². The van der Waals surface area contributed by atoms with Crippen LogP contribution in [0.4, 0.5) is 0 Å². The maximum Gasteiger partial charge on any atom is 2.00 e. The Morgan fingerprint density at radius 1 is 0.821 bits per heavy atom. The summed E-state index contributed by atoms with van der Waals surface area (Å²) in [6.07, 6.45) is 3.68. The molecule has 0 aliphatic rings. The van der Waals surface area contributed by atoms with Gasteiger partial charge >= 0.3 is 29.0 Å². The molecule has 0 unspecified atom stereocenters. The van der Waals surface area contributed by atoms with Crippen LogP contribution in [0.15, 0.2) is 69.9 Å². The molecule has 8 nitrogen and oxygen atoms in total. The first kappa shape index (κ1) is 39.3. The summed E-state index contributed by atoms with van der Waals surface area (Å²) >= 11 is 6.77. The number of imidazole rings is 2. The van der Waals surface area contributed by atoms with Gasteiger partial charge in [0, 0.05) is 60.5 Å². The molecule has 12 heteroatoms. The van der Waals surface area contributed by atoms with Crippen LogP contribution in [0.25, 0.3) is 22.5 Å². The molecular formula is C27H32Br3MgN5O3. The molecule has 0 radical (unpaired) electrons. The van der Waals surface area contributed by atoms with Gasteiger partial charge in [0.15, 0.2) is 11.6 Å². The number of halogens is 3. The zero-order chi connectivity index (χ0) is 25.7. The number of aryl methyl sites for hydroxylation is 2. The molecule has 0 aliphatic heterocycles. The monoisotopic (exact) mass is 735 g/mol. The predicted molar refractivity (Wildman–Crippen MR) is 161 cm³/mol. The summed E-state index contributed by atoms with van der Waals surface area (Å²) in [5.41, 5.74) is 3.53. The Morgan fingerprint density at radius 3 is 1.51 bits per heavy atom. The third-order valence-corrected chi connectivity index (χ3v) is 6.16. The number of ketones is 1. The van der Waals surface area contributed by atoms with E-state index in [1.54, 1.807) is 23.2 Å². The van der Waals surface area contributed by atoms with Crippen LogP contribution in [0.5, 0.6) is 0 Å². The molecule has 206 valence electrons. The van der Waals surface area contributed by atoms with E-state index >= 15 is 0 Å². The molecule has 2 aromatic heterocycles. The van der Waals surface area contributed by atoms with E-state index < -0.39 is 0 Å². The van der Waals surface area contributed by atoms with Crippen molar-refractivity contribution in [2.24, 2.45) is 14.1 Å². The first-order chi connectivity index (χ1) is 16.6. The second kappa shape index (κ2) is 17.8. The average molecular weight is 739 g/mol. The molecular weight excluding hydrogens is 706 g/mol. The molecule has 39 heavy (non-hydrogen) atoms. The van der Waals surface area contributed by atoms with Crippen molar-refractivity contribution in [3.63, 3.8) is 0 Å². The normalized spacial score (nSPS) is 9.41. The van der Waals surface area contributed by atoms with Gasteiger partial charge in [0.2, 0.25) is 5.82 Å². The Labute approximate surface area is 274 Å². The smallest absolute Gasteiger partial charge is 1.00 e. The maximum absolute atomic E-state index is 12.0. The van der Waals surface area contributed by atoms with Gasteiger partial charge in [-0.25, -0.2) is 15.0 Å². The third-order valence-electron chi connectivity index (χ3n) is 5.10. The number of hydroxylamine groups is 2. The number of Topliss-reactive ketones (excluding diaryl/α,β-unsaturated/α-hetero) is 1. The summed E-state index contributed by atoms with van der Waals surface area (Å²) in [5, 5.41) is 1.15. The molecule has 4 rings (SSSR count). The summed E-state index contributed by atoms with van der Waals surface area (Å²) in [6, 6.07) is 15.6. The zero-order valence-corrected chi connectivity index (χ0v) is 28.2. The van der Waals surface area contributed by atoms with E-state index in [9.17, 15) is 9.59 Å². The predicted octanol–water partition coefficient (Wildman–Crippen LogP) is 3.24. The fourth-order valence-corrected chi connectivity index (χ4v) is 3.73. The fourth-order valence-electron chi connectivity index (χ4n) is 3.20. The molecule has 0 fully saturated rings. The van der Waals surface area contributed by atoms with Crippen molar-refractivity contribution in [3.05, 3.63) is 88.9 Å². The Hall–Kier alpha value is -1.83. The van der Waals surface area contributed by atoms with Gasteiger partial charge in [-0.05, 0) is 24.3 Å². The van der Waals surface area contributed by atoms with Crippen LogP contribution in [0.3, 0.4) is 0 Å². The third kappa shape index (κ3) is 10.3. The zero-order valence-electron chi connectivity index (χ0n) is 22.1. The molecule has 0 bridgehead atoms. The summed E-state index contributed by atoms with van der Waals surface area (Å²) < 4.78 is 5.47. The minimum absolute atomic E-state index is 0. The molecule has 4 aromatic rings. The molecule has 2 heterocycles. The molecule has 0 spiro atoms. The Bertz CT molecular complexity index is 1340. The van der Waals surface area contributed by atoms with Crippen LogP contribution >= 0.6 is 31.9 Å². The van der Waals surface area contributed by atoms with E-state index in [4.69, 9.17) is 4.84 Å². The van der Waals surface area contributed by atoms with Gasteiger partial charge in [0.05, 0.1) is 18.5 Å². The van der Waals surface area contributed by atoms with Crippen LogP contribution in [0.2, 0.25) is 0 Å². The van der Waals surface area contributed by atoms with Crippen molar-refractivity contribution >= 4 is 66.6 Å². The van der Waals surface area contributed by atoms with E-state index in [-0.39, 0.29) is 66.6 Å². The van der Waals surface area contributed by atoms with Crippen molar-refractivity contribution in [2.75, 3.05) is 14.2 Å². The second-order valence-electron chi connectivity index (χ2n) is 7.68. The van der Waals surface area contributed by atoms with E-state index in [0.29, 0.717) is 11.6 Å². The summed E-state index contributed by atoms with van der Waals surface area (Å²) in [5.74, 6) is 0.513. The van der Waals surface area contributed by atoms with Gasteiger partial charge in [-0.3, -0.25) is 14.4 Å². The number of rotatable bonds is 5. The first-order valence-electron chi connectivity index (χ1n) is 10.5. The van der Waals surface area contributed by atoms with Crippen LogP contribution in [0.1, 0.15) is 35.6 Å². The van der Waals surface area contributed by atoms with Gasteiger partial charge < -0.3 is 33.5 Å². The fraction of sp³-hybridized carbons (Fsp3) is 0.222. The van der Waals surface area contributed by atoms with Crippen LogP contribution < -0.4 is 17.0 Å². The summed E-state index contributed by atoms with van der Waals surface area (Å²) in [7, 11) is 6.60. The molecule has 0 saturated heterocycles. The maximum atomic E-state index is 12.0. The molecule has 0 saturated carbocycles. The molecule has 0 atom stereocenters. The van der Waals surface area contributed by atoms with E-state index in [1.165, 1.54) is 14.0 Å². The Kier molecular flexibility index (Phi) is 17.9. The van der Waals surface area contributed by atoms with Gasteiger partial charge in [-0.15, -0.1) is 0 Å². The minimum atomic E-state index is -0.284. The van der Waals surface area contributed by atoms with Gasteiger partial charge in [-0.2, -0.15) is 0 Å². The summed E-state index contributed by atoms with van der Waals surface area (Å²) in [4.78, 5) is 36.8. The van der Waals surface area contributed by atoms with Crippen LogP contribution in [-0.2, 0) is 18.9 Å². The molecule has 0 N–H and O–H groups in total. The number of hydrogen-bond donors (Lipinski definition) is 0. The molecule has 0 aliphatic carbocycles. The SMILES string of the molecule is C.CC(=O)c1nc(-c2ccc(Br)cc2)cn1C.CON(C)C(=O)c1nc(-c2ccc(Br)cc2)cn1C.[Br-].[CH3-].[Mg+2]. The van der Waals surface area contributed by atoms with E-state index in [2.05, 4.69) is 41.8 Å². The van der Waals surface area contributed by atoms with Crippen molar-refractivity contribution in [3.8, 4) is 22.5 Å². The molecule has 1 amide bonds. The van der Waals surface area contributed by atoms with Crippen LogP contribution in [0, 0.1) is 7.43 Å². The number of aromatic nitrogens is 4. The van der Waals surface area contributed by atoms with Crippen molar-refractivity contribution in [1.29, 1.82) is 0 Å². The number of nitrogens with zero attached hydrogens (tertiary/aromatic N) is 5. The van der Waals surface area contributed by atoms with E-state index in [1.807, 2.05) is 68.0 Å². The van der Waals surface area contributed by atoms with Crippen molar-refractivity contribution in [2.45, 2.75) is 14.4 Å². The van der Waals surface area contributed by atoms with Gasteiger partial charge in [0.25, 0.3) is 0 Å². The minimum Gasteiger partial charge on any atom is -1.00 e. The average Bonchev–Trinajstić information content (AvgIpc) is 3.42.